The predicted octanol–water partition coefficient (Wildman–Crippen LogP) is 1.28. The molecule has 1 aromatic rings. The fourth-order valence-electron chi connectivity index (χ4n) is 0.662. The number of rotatable bonds is 3. The van der Waals surface area contributed by atoms with Crippen LogP contribution in [0.25, 0.3) is 0 Å². The van der Waals surface area contributed by atoms with Gasteiger partial charge in [-0.25, -0.2) is 0 Å². The molecule has 0 atom stereocenters. The quantitative estimate of drug-likeness (QED) is 0.670. The van der Waals surface area contributed by atoms with E-state index in [1.54, 1.807) is 0 Å². The van der Waals surface area contributed by atoms with Crippen molar-refractivity contribution >= 4 is 5.78 Å². The second-order valence-electron chi connectivity index (χ2n) is 2.19. The van der Waals surface area contributed by atoms with Crippen molar-refractivity contribution in [2.24, 2.45) is 0 Å². The number of hydrogen-bond donors (Lipinski definition) is 0. The number of hydrogen-bond acceptors (Lipinski definition) is 4. The summed E-state index contributed by atoms with van der Waals surface area (Å²) in [6.45, 7) is -1.63. The van der Waals surface area contributed by atoms with Gasteiger partial charge < -0.3 is 4.74 Å². The van der Waals surface area contributed by atoms with Crippen molar-refractivity contribution in [1.82, 2.24) is 10.2 Å². The SMILES string of the molecule is CC(=O)c1ccc(OC(F)F)nn1. The van der Waals surface area contributed by atoms with E-state index in [0.717, 1.165) is 6.07 Å². The van der Waals surface area contributed by atoms with Crippen LogP contribution in [0.1, 0.15) is 17.4 Å². The maximum absolute atomic E-state index is 11.6. The molecular formula is C7H6F2N2O2. The van der Waals surface area contributed by atoms with Crippen LogP contribution in [0.4, 0.5) is 8.78 Å². The molecule has 0 saturated heterocycles. The third-order valence-electron chi connectivity index (χ3n) is 1.21. The Hall–Kier alpha value is -1.59. The Labute approximate surface area is 72.5 Å². The predicted molar refractivity (Wildman–Crippen MR) is 38.7 cm³/mol. The van der Waals surface area contributed by atoms with Gasteiger partial charge in [0.15, 0.2) is 5.78 Å². The fraction of sp³-hybridized carbons (Fsp3) is 0.286. The molecule has 0 aliphatic carbocycles. The van der Waals surface area contributed by atoms with Crippen LogP contribution in [0.2, 0.25) is 0 Å². The highest BCUT2D eigenvalue weighted by atomic mass is 19.3. The molecule has 0 unspecified atom stereocenters. The summed E-state index contributed by atoms with van der Waals surface area (Å²) in [4.78, 5) is 10.7. The number of ether oxygens (including phenoxy) is 1. The maximum Gasteiger partial charge on any atom is 0.388 e. The monoisotopic (exact) mass is 188 g/mol. The van der Waals surface area contributed by atoms with E-state index in [-0.39, 0.29) is 17.4 Å². The normalized spacial score (nSPS) is 10.2. The molecule has 0 aliphatic heterocycles. The summed E-state index contributed by atoms with van der Waals surface area (Å²) in [5, 5.41) is 6.64. The first-order chi connectivity index (χ1) is 6.09. The van der Waals surface area contributed by atoms with Gasteiger partial charge in [0, 0.05) is 13.0 Å². The van der Waals surface area contributed by atoms with E-state index < -0.39 is 6.61 Å². The Kier molecular flexibility index (Phi) is 2.84. The van der Waals surface area contributed by atoms with Gasteiger partial charge >= 0.3 is 6.61 Å². The van der Waals surface area contributed by atoms with Crippen molar-refractivity contribution in [3.8, 4) is 5.88 Å². The number of alkyl halides is 2. The van der Waals surface area contributed by atoms with Crippen LogP contribution in [-0.4, -0.2) is 22.6 Å². The Balaban J connectivity index is 2.75. The molecule has 0 aliphatic rings. The highest BCUT2D eigenvalue weighted by Crippen LogP contribution is 2.08. The third kappa shape index (κ3) is 2.73. The van der Waals surface area contributed by atoms with Gasteiger partial charge in [0.1, 0.15) is 5.69 Å². The number of aromatic nitrogens is 2. The standard InChI is InChI=1S/C7H6F2N2O2/c1-4(12)5-2-3-6(11-10-5)13-7(8)9/h2-3,7H,1H3. The van der Waals surface area contributed by atoms with Crippen molar-refractivity contribution < 1.29 is 18.3 Å². The number of halogens is 2. The number of carbonyl (C=O) groups excluding carboxylic acids is 1. The number of carbonyl (C=O) groups is 1. The van der Waals surface area contributed by atoms with Gasteiger partial charge in [0.2, 0.25) is 5.88 Å². The summed E-state index contributed by atoms with van der Waals surface area (Å²) in [5.41, 5.74) is 0.113. The number of nitrogens with zero attached hydrogens (tertiary/aromatic N) is 2. The molecule has 0 fully saturated rings. The smallest absolute Gasteiger partial charge is 0.388 e. The molecule has 13 heavy (non-hydrogen) atoms. The minimum Gasteiger partial charge on any atom is -0.415 e. The van der Waals surface area contributed by atoms with Gasteiger partial charge in [-0.3, -0.25) is 4.79 Å². The molecule has 1 heterocycles. The summed E-state index contributed by atoms with van der Waals surface area (Å²) in [6.07, 6.45) is 0. The first kappa shape index (κ1) is 9.50. The molecule has 0 radical (unpaired) electrons. The molecule has 0 bridgehead atoms. The molecule has 0 amide bonds. The van der Waals surface area contributed by atoms with E-state index in [0.29, 0.717) is 0 Å². The summed E-state index contributed by atoms with van der Waals surface area (Å²) in [7, 11) is 0. The van der Waals surface area contributed by atoms with E-state index >= 15 is 0 Å². The molecule has 6 heteroatoms. The Bertz CT molecular complexity index is 300. The Morgan fingerprint density at radius 3 is 2.54 bits per heavy atom. The van der Waals surface area contributed by atoms with Crippen LogP contribution in [0.5, 0.6) is 5.88 Å². The van der Waals surface area contributed by atoms with E-state index in [1.165, 1.54) is 13.0 Å². The first-order valence-electron chi connectivity index (χ1n) is 3.39. The molecule has 4 nitrogen and oxygen atoms in total. The molecular weight excluding hydrogens is 182 g/mol. The molecule has 0 N–H and O–H groups in total. The minimum atomic E-state index is -2.93. The van der Waals surface area contributed by atoms with Gasteiger partial charge in [0.05, 0.1) is 0 Å². The van der Waals surface area contributed by atoms with Crippen LogP contribution in [0.3, 0.4) is 0 Å². The van der Waals surface area contributed by atoms with Gasteiger partial charge in [-0.2, -0.15) is 8.78 Å². The van der Waals surface area contributed by atoms with Crippen molar-refractivity contribution in [2.75, 3.05) is 0 Å². The average Bonchev–Trinajstić information content (AvgIpc) is 2.04. The lowest BCUT2D eigenvalue weighted by molar-refractivity contribution is -0.0534. The maximum atomic E-state index is 11.6. The van der Waals surface area contributed by atoms with Gasteiger partial charge in [-0.15, -0.1) is 10.2 Å². The topological polar surface area (TPSA) is 52.1 Å². The molecule has 1 rings (SSSR count). The third-order valence-corrected chi connectivity index (χ3v) is 1.21. The summed E-state index contributed by atoms with van der Waals surface area (Å²) in [5.74, 6) is -0.587. The zero-order valence-corrected chi connectivity index (χ0v) is 6.70. The van der Waals surface area contributed by atoms with Crippen molar-refractivity contribution in [3.63, 3.8) is 0 Å². The van der Waals surface area contributed by atoms with Crippen molar-refractivity contribution in [1.29, 1.82) is 0 Å². The van der Waals surface area contributed by atoms with Crippen LogP contribution >= 0.6 is 0 Å². The molecule has 70 valence electrons. The molecule has 0 aromatic carbocycles. The highest BCUT2D eigenvalue weighted by molar-refractivity contribution is 5.91. The Morgan fingerprint density at radius 1 is 1.46 bits per heavy atom. The number of ketones is 1. The summed E-state index contributed by atoms with van der Waals surface area (Å²) in [6, 6.07) is 2.43. The average molecular weight is 188 g/mol. The van der Waals surface area contributed by atoms with Crippen LogP contribution in [0, 0.1) is 0 Å². The lowest BCUT2D eigenvalue weighted by atomic mass is 10.3. The second-order valence-corrected chi connectivity index (χ2v) is 2.19. The van der Waals surface area contributed by atoms with Crippen LogP contribution in [0.15, 0.2) is 12.1 Å². The van der Waals surface area contributed by atoms with Gasteiger partial charge in [-0.05, 0) is 6.07 Å². The lowest BCUT2D eigenvalue weighted by Gasteiger charge is -2.01. The van der Waals surface area contributed by atoms with Crippen molar-refractivity contribution in [2.45, 2.75) is 13.5 Å². The fourth-order valence-corrected chi connectivity index (χ4v) is 0.662. The van der Waals surface area contributed by atoms with Crippen LogP contribution in [-0.2, 0) is 0 Å². The van der Waals surface area contributed by atoms with Crippen LogP contribution < -0.4 is 4.74 Å². The zero-order valence-electron chi connectivity index (χ0n) is 6.70. The van der Waals surface area contributed by atoms with Gasteiger partial charge in [-0.1, -0.05) is 0 Å². The number of Topliss-reactive ketones (excluding diaryl/α,β-unsaturated/α-hetero) is 1. The summed E-state index contributed by atoms with van der Waals surface area (Å²) >= 11 is 0. The van der Waals surface area contributed by atoms with E-state index in [2.05, 4.69) is 14.9 Å². The van der Waals surface area contributed by atoms with E-state index in [4.69, 9.17) is 0 Å². The first-order valence-corrected chi connectivity index (χ1v) is 3.39. The van der Waals surface area contributed by atoms with Crippen molar-refractivity contribution in [3.05, 3.63) is 17.8 Å². The largest absolute Gasteiger partial charge is 0.415 e. The van der Waals surface area contributed by atoms with Gasteiger partial charge in [0.25, 0.3) is 0 Å². The highest BCUT2D eigenvalue weighted by Gasteiger charge is 2.07. The van der Waals surface area contributed by atoms with E-state index in [9.17, 15) is 13.6 Å². The molecule has 0 spiro atoms. The Morgan fingerprint density at radius 2 is 2.15 bits per heavy atom. The molecule has 0 saturated carbocycles. The summed E-state index contributed by atoms with van der Waals surface area (Å²) < 4.78 is 27.2. The minimum absolute atomic E-state index is 0.113. The second kappa shape index (κ2) is 3.88. The molecule has 1 aromatic heterocycles. The van der Waals surface area contributed by atoms with E-state index in [1.807, 2.05) is 0 Å². The zero-order chi connectivity index (χ0) is 9.84. The lowest BCUT2D eigenvalue weighted by Crippen LogP contribution is -2.06.